The molecule has 16 heavy (non-hydrogen) atoms. The number of rotatable bonds is 2. The Hall–Kier alpha value is -1.52. The van der Waals surface area contributed by atoms with E-state index in [2.05, 4.69) is 5.18 Å². The predicted molar refractivity (Wildman–Crippen MR) is 59.6 cm³/mol. The number of carbonyl (C=O) groups excluding carboxylic acids is 2. The predicted octanol–water partition coefficient (Wildman–Crippen LogP) is 1.63. The van der Waals surface area contributed by atoms with Gasteiger partial charge in [0.05, 0.1) is 0 Å². The Labute approximate surface area is 94.5 Å². The summed E-state index contributed by atoms with van der Waals surface area (Å²) in [7, 11) is 0. The molecule has 1 aliphatic rings. The summed E-state index contributed by atoms with van der Waals surface area (Å²) in [6.45, 7) is 4.15. The highest BCUT2D eigenvalue weighted by molar-refractivity contribution is 5.93. The number of hydrogen-bond acceptors (Lipinski definition) is 3. The lowest BCUT2D eigenvalue weighted by atomic mass is 10.0. The molecule has 88 valence electrons. The van der Waals surface area contributed by atoms with Crippen molar-refractivity contribution in [1.29, 1.82) is 0 Å². The van der Waals surface area contributed by atoms with Gasteiger partial charge in [-0.25, -0.2) is 0 Å². The fourth-order valence-electron chi connectivity index (χ4n) is 1.84. The standard InChI is InChI=1S/C11H16N2O3/c1-8(2)7-10(14)13-6-4-3-5-9(13)11(15)12-16/h7,9H,3-6H2,1-2H3. The van der Waals surface area contributed by atoms with E-state index >= 15 is 0 Å². The van der Waals surface area contributed by atoms with Gasteiger partial charge in [-0.05, 0) is 33.1 Å². The molecule has 0 spiro atoms. The van der Waals surface area contributed by atoms with Crippen LogP contribution in [0, 0.1) is 4.91 Å². The Bertz CT molecular complexity index is 332. The maximum atomic E-state index is 11.8. The molecule has 0 radical (unpaired) electrons. The molecular formula is C11H16N2O3. The Morgan fingerprint density at radius 3 is 2.56 bits per heavy atom. The third kappa shape index (κ3) is 2.98. The molecule has 1 fully saturated rings. The van der Waals surface area contributed by atoms with Crippen molar-refractivity contribution in [1.82, 2.24) is 4.90 Å². The minimum Gasteiger partial charge on any atom is -0.327 e. The molecule has 0 aromatic heterocycles. The molecule has 5 heteroatoms. The Morgan fingerprint density at radius 1 is 1.31 bits per heavy atom. The highest BCUT2D eigenvalue weighted by Crippen LogP contribution is 2.18. The molecule has 5 nitrogen and oxygen atoms in total. The van der Waals surface area contributed by atoms with Crippen LogP contribution >= 0.6 is 0 Å². The number of likely N-dealkylation sites (tertiary alicyclic amines) is 1. The van der Waals surface area contributed by atoms with E-state index in [0.29, 0.717) is 13.0 Å². The summed E-state index contributed by atoms with van der Waals surface area (Å²) in [5.74, 6) is -0.947. The molecule has 0 saturated carbocycles. The molecule has 0 bridgehead atoms. The van der Waals surface area contributed by atoms with Crippen LogP contribution in [-0.4, -0.2) is 29.3 Å². The monoisotopic (exact) mass is 224 g/mol. The third-order valence-corrected chi connectivity index (χ3v) is 2.57. The fourth-order valence-corrected chi connectivity index (χ4v) is 1.84. The zero-order chi connectivity index (χ0) is 12.1. The molecule has 0 aliphatic carbocycles. The summed E-state index contributed by atoms with van der Waals surface area (Å²) in [5.41, 5.74) is 0.876. The van der Waals surface area contributed by atoms with Crippen molar-refractivity contribution in [2.45, 2.75) is 39.2 Å². The molecule has 1 atom stereocenters. The number of amides is 2. The molecule has 1 heterocycles. The van der Waals surface area contributed by atoms with Crippen LogP contribution in [0.5, 0.6) is 0 Å². The van der Waals surface area contributed by atoms with Crippen LogP contribution in [0.4, 0.5) is 0 Å². The van der Waals surface area contributed by atoms with E-state index in [1.165, 1.54) is 11.0 Å². The van der Waals surface area contributed by atoms with Crippen molar-refractivity contribution in [3.63, 3.8) is 0 Å². The number of nitroso groups, excluding NO2 is 1. The van der Waals surface area contributed by atoms with Gasteiger partial charge in [0.1, 0.15) is 6.04 Å². The van der Waals surface area contributed by atoms with Crippen molar-refractivity contribution in [2.24, 2.45) is 5.18 Å². The summed E-state index contributed by atoms with van der Waals surface area (Å²) in [5, 5.41) is 2.42. The number of allylic oxidation sites excluding steroid dienone is 1. The van der Waals surface area contributed by atoms with Crippen LogP contribution < -0.4 is 0 Å². The van der Waals surface area contributed by atoms with Gasteiger partial charge in [0.25, 0.3) is 0 Å². The minimum atomic E-state index is -0.741. The van der Waals surface area contributed by atoms with Crippen molar-refractivity contribution >= 4 is 11.8 Å². The van der Waals surface area contributed by atoms with Gasteiger partial charge in [0, 0.05) is 17.8 Å². The fraction of sp³-hybridized carbons (Fsp3) is 0.636. The van der Waals surface area contributed by atoms with E-state index in [-0.39, 0.29) is 5.91 Å². The second-order valence-electron chi connectivity index (χ2n) is 4.19. The van der Waals surface area contributed by atoms with Gasteiger partial charge >= 0.3 is 5.91 Å². The first-order chi connectivity index (χ1) is 7.56. The van der Waals surface area contributed by atoms with Gasteiger partial charge in [-0.15, -0.1) is 4.91 Å². The highest BCUT2D eigenvalue weighted by Gasteiger charge is 2.31. The van der Waals surface area contributed by atoms with E-state index in [1.54, 1.807) is 0 Å². The quantitative estimate of drug-likeness (QED) is 0.528. The van der Waals surface area contributed by atoms with Crippen LogP contribution in [0.3, 0.4) is 0 Å². The Morgan fingerprint density at radius 2 is 2.00 bits per heavy atom. The minimum absolute atomic E-state index is 0.207. The molecular weight excluding hydrogens is 208 g/mol. The molecule has 1 rings (SSSR count). The lowest BCUT2D eigenvalue weighted by Crippen LogP contribution is -2.46. The lowest BCUT2D eigenvalue weighted by molar-refractivity contribution is -0.137. The second kappa shape index (κ2) is 5.53. The number of nitrogens with zero attached hydrogens (tertiary/aromatic N) is 2. The zero-order valence-electron chi connectivity index (χ0n) is 9.60. The highest BCUT2D eigenvalue weighted by atomic mass is 16.3. The van der Waals surface area contributed by atoms with Gasteiger partial charge < -0.3 is 4.90 Å². The van der Waals surface area contributed by atoms with Crippen LogP contribution in [-0.2, 0) is 9.59 Å². The number of carbonyl (C=O) groups is 2. The summed E-state index contributed by atoms with van der Waals surface area (Å²) in [4.78, 5) is 34.8. The number of piperidine rings is 1. The van der Waals surface area contributed by atoms with Crippen molar-refractivity contribution < 1.29 is 9.59 Å². The van der Waals surface area contributed by atoms with E-state index in [1.807, 2.05) is 13.8 Å². The second-order valence-corrected chi connectivity index (χ2v) is 4.19. The van der Waals surface area contributed by atoms with Crippen LogP contribution in [0.25, 0.3) is 0 Å². The maximum Gasteiger partial charge on any atom is 0.308 e. The van der Waals surface area contributed by atoms with E-state index in [4.69, 9.17) is 0 Å². The third-order valence-electron chi connectivity index (χ3n) is 2.57. The molecule has 2 amide bonds. The largest absolute Gasteiger partial charge is 0.327 e. The van der Waals surface area contributed by atoms with Crippen LogP contribution in [0.2, 0.25) is 0 Å². The average Bonchev–Trinajstić information content (AvgIpc) is 2.27. The van der Waals surface area contributed by atoms with Gasteiger partial charge in [-0.3, -0.25) is 9.59 Å². The van der Waals surface area contributed by atoms with Crippen molar-refractivity contribution in [3.05, 3.63) is 16.6 Å². The molecule has 0 aromatic rings. The summed E-state index contributed by atoms with van der Waals surface area (Å²) < 4.78 is 0. The normalized spacial score (nSPS) is 20.1. The van der Waals surface area contributed by atoms with E-state index in [9.17, 15) is 14.5 Å². The first-order valence-corrected chi connectivity index (χ1v) is 5.39. The van der Waals surface area contributed by atoms with Gasteiger partial charge in [0.15, 0.2) is 0 Å². The summed E-state index contributed by atoms with van der Waals surface area (Å²) >= 11 is 0. The maximum absolute atomic E-state index is 11.8. The van der Waals surface area contributed by atoms with Crippen molar-refractivity contribution in [3.8, 4) is 0 Å². The van der Waals surface area contributed by atoms with Gasteiger partial charge in [-0.1, -0.05) is 5.57 Å². The van der Waals surface area contributed by atoms with Crippen LogP contribution in [0.1, 0.15) is 33.1 Å². The molecule has 1 saturated heterocycles. The van der Waals surface area contributed by atoms with Crippen molar-refractivity contribution in [2.75, 3.05) is 6.54 Å². The van der Waals surface area contributed by atoms with E-state index in [0.717, 1.165) is 18.4 Å². The first kappa shape index (κ1) is 12.5. The summed E-state index contributed by atoms with van der Waals surface area (Å²) in [6.07, 6.45) is 3.73. The van der Waals surface area contributed by atoms with Gasteiger partial charge in [0.2, 0.25) is 5.91 Å². The molecule has 0 N–H and O–H groups in total. The van der Waals surface area contributed by atoms with Crippen LogP contribution in [0.15, 0.2) is 16.8 Å². The Balaban J connectivity index is 2.82. The topological polar surface area (TPSA) is 66.8 Å². The Kier molecular flexibility index (Phi) is 4.34. The zero-order valence-corrected chi connectivity index (χ0v) is 9.60. The lowest BCUT2D eigenvalue weighted by Gasteiger charge is -2.32. The van der Waals surface area contributed by atoms with Gasteiger partial charge in [-0.2, -0.15) is 0 Å². The summed E-state index contributed by atoms with van der Waals surface area (Å²) in [6, 6.07) is -0.658. The molecule has 1 aliphatic heterocycles. The average molecular weight is 224 g/mol. The number of hydrogen-bond donors (Lipinski definition) is 0. The first-order valence-electron chi connectivity index (χ1n) is 5.39. The SMILES string of the molecule is CC(C)=CC(=O)N1CCCCC1C(=O)N=O. The smallest absolute Gasteiger partial charge is 0.308 e. The van der Waals surface area contributed by atoms with E-state index < -0.39 is 11.9 Å². The molecule has 1 unspecified atom stereocenters. The molecule has 0 aromatic carbocycles.